The third-order valence-corrected chi connectivity index (χ3v) is 2.71. The van der Waals surface area contributed by atoms with Crippen molar-refractivity contribution in [2.45, 2.75) is 0 Å². The van der Waals surface area contributed by atoms with E-state index in [0.717, 1.165) is 0 Å². The van der Waals surface area contributed by atoms with Gasteiger partial charge in [0.15, 0.2) is 0 Å². The predicted molar refractivity (Wildman–Crippen MR) is 75.1 cm³/mol. The smallest absolute Gasteiger partial charge is 0.272 e. The van der Waals surface area contributed by atoms with Crippen LogP contribution in [0.15, 0.2) is 52.3 Å². The Bertz CT molecular complexity index is 629. The van der Waals surface area contributed by atoms with Crippen LogP contribution in [0.25, 0.3) is 0 Å². The number of benzene rings is 1. The first-order valence-corrected chi connectivity index (χ1v) is 6.18. The standard InChI is InChI=1S/C13H10BrN3O2/c14-11-5-10(6-15-8-11)13(19)17-16-7-9-3-1-2-4-12(9)18/h1-8,18H,(H,17,19). The van der Waals surface area contributed by atoms with Gasteiger partial charge in [-0.05, 0) is 34.1 Å². The summed E-state index contributed by atoms with van der Waals surface area (Å²) in [5.74, 6) is -0.273. The Morgan fingerprint density at radius 3 is 2.89 bits per heavy atom. The Morgan fingerprint density at radius 2 is 2.16 bits per heavy atom. The highest BCUT2D eigenvalue weighted by molar-refractivity contribution is 9.10. The number of nitrogens with one attached hydrogen (secondary N) is 1. The lowest BCUT2D eigenvalue weighted by Gasteiger charge is -2.00. The molecule has 0 bridgehead atoms. The molecule has 0 fully saturated rings. The summed E-state index contributed by atoms with van der Waals surface area (Å²) in [5.41, 5.74) is 3.28. The van der Waals surface area contributed by atoms with Crippen molar-refractivity contribution >= 4 is 28.1 Å². The fraction of sp³-hybridized carbons (Fsp3) is 0. The van der Waals surface area contributed by atoms with Gasteiger partial charge in [-0.25, -0.2) is 5.43 Å². The van der Waals surface area contributed by atoms with Crippen LogP contribution in [0.2, 0.25) is 0 Å². The minimum atomic E-state index is -0.375. The second-order valence-electron chi connectivity index (χ2n) is 3.65. The fourth-order valence-corrected chi connectivity index (χ4v) is 1.72. The van der Waals surface area contributed by atoms with E-state index in [1.165, 1.54) is 12.4 Å². The molecular weight excluding hydrogens is 310 g/mol. The van der Waals surface area contributed by atoms with Crippen molar-refractivity contribution < 1.29 is 9.90 Å². The van der Waals surface area contributed by atoms with Crippen molar-refractivity contribution in [1.82, 2.24) is 10.4 Å². The van der Waals surface area contributed by atoms with Crippen LogP contribution in [0.3, 0.4) is 0 Å². The van der Waals surface area contributed by atoms with Crippen molar-refractivity contribution in [3.8, 4) is 5.75 Å². The molecule has 2 aromatic rings. The number of nitrogens with zero attached hydrogens (tertiary/aromatic N) is 2. The van der Waals surface area contributed by atoms with Crippen LogP contribution in [-0.4, -0.2) is 22.2 Å². The Labute approximate surface area is 118 Å². The van der Waals surface area contributed by atoms with E-state index in [0.29, 0.717) is 15.6 Å². The van der Waals surface area contributed by atoms with Crippen LogP contribution in [0, 0.1) is 0 Å². The van der Waals surface area contributed by atoms with E-state index >= 15 is 0 Å². The van der Waals surface area contributed by atoms with Gasteiger partial charge in [-0.2, -0.15) is 5.10 Å². The number of hydrogen-bond donors (Lipinski definition) is 2. The Hall–Kier alpha value is -2.21. The molecule has 0 unspecified atom stereocenters. The van der Waals surface area contributed by atoms with Crippen LogP contribution in [-0.2, 0) is 0 Å². The second-order valence-corrected chi connectivity index (χ2v) is 4.57. The van der Waals surface area contributed by atoms with Crippen molar-refractivity contribution in [1.29, 1.82) is 0 Å². The minimum Gasteiger partial charge on any atom is -0.507 e. The number of hydrogen-bond acceptors (Lipinski definition) is 4. The number of phenols is 1. The maximum Gasteiger partial charge on any atom is 0.272 e. The summed E-state index contributed by atoms with van der Waals surface area (Å²) in [6.45, 7) is 0. The fourth-order valence-electron chi connectivity index (χ4n) is 1.36. The Morgan fingerprint density at radius 1 is 1.37 bits per heavy atom. The lowest BCUT2D eigenvalue weighted by Crippen LogP contribution is -2.17. The van der Waals surface area contributed by atoms with Crippen molar-refractivity contribution in [3.63, 3.8) is 0 Å². The van der Waals surface area contributed by atoms with Gasteiger partial charge in [0.1, 0.15) is 5.75 Å². The van der Waals surface area contributed by atoms with Crippen LogP contribution in [0.4, 0.5) is 0 Å². The number of aromatic nitrogens is 1. The van der Waals surface area contributed by atoms with Crippen LogP contribution in [0.5, 0.6) is 5.75 Å². The molecule has 5 nitrogen and oxygen atoms in total. The average molecular weight is 320 g/mol. The number of phenolic OH excluding ortho intramolecular Hbond substituents is 1. The van der Waals surface area contributed by atoms with Gasteiger partial charge < -0.3 is 5.11 Å². The molecule has 19 heavy (non-hydrogen) atoms. The first-order chi connectivity index (χ1) is 9.16. The SMILES string of the molecule is O=C(NN=Cc1ccccc1O)c1cncc(Br)c1. The summed E-state index contributed by atoms with van der Waals surface area (Å²) < 4.78 is 0.713. The van der Waals surface area contributed by atoms with E-state index < -0.39 is 0 Å². The van der Waals surface area contributed by atoms with Gasteiger partial charge in [0, 0.05) is 22.4 Å². The van der Waals surface area contributed by atoms with Crippen molar-refractivity contribution in [2.24, 2.45) is 5.10 Å². The molecular formula is C13H10BrN3O2. The van der Waals surface area contributed by atoms with Crippen molar-refractivity contribution in [3.05, 3.63) is 58.3 Å². The quantitative estimate of drug-likeness (QED) is 0.673. The molecule has 1 amide bonds. The maximum atomic E-state index is 11.7. The number of aromatic hydroxyl groups is 1. The lowest BCUT2D eigenvalue weighted by atomic mass is 10.2. The zero-order valence-electron chi connectivity index (χ0n) is 9.75. The largest absolute Gasteiger partial charge is 0.507 e. The highest BCUT2D eigenvalue weighted by atomic mass is 79.9. The number of pyridine rings is 1. The third-order valence-electron chi connectivity index (χ3n) is 2.27. The third kappa shape index (κ3) is 3.62. The number of carbonyl (C=O) groups excluding carboxylic acids is 1. The molecule has 0 radical (unpaired) electrons. The summed E-state index contributed by atoms with van der Waals surface area (Å²) in [5, 5.41) is 13.3. The van der Waals surface area contributed by atoms with Gasteiger partial charge >= 0.3 is 0 Å². The van der Waals surface area contributed by atoms with Gasteiger partial charge in [0.25, 0.3) is 5.91 Å². The first kappa shape index (κ1) is 13.2. The van der Waals surface area contributed by atoms with Crippen LogP contribution >= 0.6 is 15.9 Å². The average Bonchev–Trinajstić information content (AvgIpc) is 2.41. The second kappa shape index (κ2) is 6.10. The predicted octanol–water partition coefficient (Wildman–Crippen LogP) is 2.31. The monoisotopic (exact) mass is 319 g/mol. The number of carbonyl (C=O) groups is 1. The van der Waals surface area contributed by atoms with E-state index in [1.54, 1.807) is 36.5 Å². The van der Waals surface area contributed by atoms with E-state index in [4.69, 9.17) is 0 Å². The molecule has 2 N–H and O–H groups in total. The van der Waals surface area contributed by atoms with E-state index in [1.807, 2.05) is 0 Å². The van der Waals surface area contributed by atoms with Gasteiger partial charge in [-0.3, -0.25) is 9.78 Å². The van der Waals surface area contributed by atoms with Gasteiger partial charge in [0.2, 0.25) is 0 Å². The molecule has 6 heteroatoms. The Balaban J connectivity index is 2.03. The van der Waals surface area contributed by atoms with E-state index in [-0.39, 0.29) is 11.7 Å². The zero-order chi connectivity index (χ0) is 13.7. The molecule has 0 aliphatic rings. The van der Waals surface area contributed by atoms with Crippen LogP contribution < -0.4 is 5.43 Å². The molecule has 0 saturated carbocycles. The van der Waals surface area contributed by atoms with Crippen LogP contribution in [0.1, 0.15) is 15.9 Å². The number of halogens is 1. The lowest BCUT2D eigenvalue weighted by molar-refractivity contribution is 0.0954. The topological polar surface area (TPSA) is 74.6 Å². The summed E-state index contributed by atoms with van der Waals surface area (Å²) >= 11 is 3.23. The summed E-state index contributed by atoms with van der Waals surface area (Å²) in [7, 11) is 0. The zero-order valence-corrected chi connectivity index (χ0v) is 11.3. The molecule has 0 saturated heterocycles. The summed E-state index contributed by atoms with van der Waals surface area (Å²) in [6, 6.07) is 8.34. The summed E-state index contributed by atoms with van der Waals surface area (Å²) in [4.78, 5) is 15.6. The van der Waals surface area contributed by atoms with Crippen molar-refractivity contribution in [2.75, 3.05) is 0 Å². The van der Waals surface area contributed by atoms with Gasteiger partial charge in [-0.15, -0.1) is 0 Å². The van der Waals surface area contributed by atoms with Gasteiger partial charge in [0.05, 0.1) is 11.8 Å². The molecule has 96 valence electrons. The highest BCUT2D eigenvalue weighted by Crippen LogP contribution is 2.12. The molecule has 0 aliphatic carbocycles. The number of hydrazone groups is 1. The van der Waals surface area contributed by atoms with Gasteiger partial charge in [-0.1, -0.05) is 12.1 Å². The molecule has 0 aliphatic heterocycles. The molecule has 1 heterocycles. The molecule has 1 aromatic carbocycles. The molecule has 0 spiro atoms. The normalized spacial score (nSPS) is 10.6. The van der Waals surface area contributed by atoms with E-state index in [9.17, 15) is 9.90 Å². The number of rotatable bonds is 3. The number of para-hydroxylation sites is 1. The Kier molecular flexibility index (Phi) is 4.25. The molecule has 2 rings (SSSR count). The highest BCUT2D eigenvalue weighted by Gasteiger charge is 2.04. The summed E-state index contributed by atoms with van der Waals surface area (Å²) in [6.07, 6.45) is 4.40. The molecule has 1 aromatic heterocycles. The maximum absolute atomic E-state index is 11.7. The van der Waals surface area contributed by atoms with E-state index in [2.05, 4.69) is 31.4 Å². The first-order valence-electron chi connectivity index (χ1n) is 5.39. The number of amides is 1. The minimum absolute atomic E-state index is 0.102. The molecule has 0 atom stereocenters.